The average Bonchev–Trinajstić information content (AvgIpc) is 2.24. The smallest absolute Gasteiger partial charge is 0.0556 e. The van der Waals surface area contributed by atoms with Crippen LogP contribution in [0.1, 0.15) is 40.0 Å². The lowest BCUT2D eigenvalue weighted by molar-refractivity contribution is 0.219. The first-order chi connectivity index (χ1) is 6.64. The van der Waals surface area contributed by atoms with Crippen molar-refractivity contribution < 1.29 is 5.11 Å². The molecule has 2 unspecified atom stereocenters. The van der Waals surface area contributed by atoms with E-state index in [1.165, 1.54) is 6.42 Å². The molecule has 0 saturated carbocycles. The zero-order chi connectivity index (χ0) is 11.0. The van der Waals surface area contributed by atoms with Crippen molar-refractivity contribution >= 4 is 0 Å². The van der Waals surface area contributed by atoms with E-state index in [2.05, 4.69) is 26.1 Å². The highest BCUT2D eigenvalue weighted by Gasteiger charge is 2.27. The maximum absolute atomic E-state index is 8.81. The Morgan fingerprint density at radius 3 is 2.43 bits per heavy atom. The molecule has 3 heteroatoms. The molecule has 2 atom stereocenters. The van der Waals surface area contributed by atoms with E-state index in [1.807, 2.05) is 0 Å². The molecule has 0 amide bonds. The highest BCUT2D eigenvalue weighted by molar-refractivity contribution is 4.89. The molecule has 0 spiro atoms. The van der Waals surface area contributed by atoms with E-state index in [0.29, 0.717) is 19.0 Å². The SMILES string of the molecule is CCC(C)CC(CC)(CN)NCCO. The molecule has 0 aromatic heterocycles. The summed E-state index contributed by atoms with van der Waals surface area (Å²) in [5.41, 5.74) is 5.84. The fourth-order valence-electron chi connectivity index (χ4n) is 1.77. The van der Waals surface area contributed by atoms with Gasteiger partial charge in [0, 0.05) is 18.6 Å². The van der Waals surface area contributed by atoms with Gasteiger partial charge in [-0.2, -0.15) is 0 Å². The highest BCUT2D eigenvalue weighted by Crippen LogP contribution is 2.21. The maximum atomic E-state index is 8.81. The minimum absolute atomic E-state index is 0.0259. The van der Waals surface area contributed by atoms with E-state index in [4.69, 9.17) is 10.8 Å². The lowest BCUT2D eigenvalue weighted by atomic mass is 9.84. The monoisotopic (exact) mass is 202 g/mol. The molecule has 0 aliphatic carbocycles. The predicted octanol–water partition coefficient (Wildman–Crippen LogP) is 1.11. The molecule has 0 aromatic carbocycles. The van der Waals surface area contributed by atoms with Crippen LogP contribution >= 0.6 is 0 Å². The summed E-state index contributed by atoms with van der Waals surface area (Å²) in [6.07, 6.45) is 3.30. The van der Waals surface area contributed by atoms with Gasteiger partial charge in [-0.1, -0.05) is 27.2 Å². The first-order valence-corrected chi connectivity index (χ1v) is 5.70. The molecule has 0 aromatic rings. The van der Waals surface area contributed by atoms with Crippen molar-refractivity contribution in [3.8, 4) is 0 Å². The summed E-state index contributed by atoms with van der Waals surface area (Å²) in [7, 11) is 0. The van der Waals surface area contributed by atoms with Gasteiger partial charge >= 0.3 is 0 Å². The first-order valence-electron chi connectivity index (χ1n) is 5.70. The standard InChI is InChI=1S/C11H26N2O/c1-4-10(3)8-11(5-2,9-12)13-6-7-14/h10,13-14H,4-9,12H2,1-3H3. The third-order valence-electron chi connectivity index (χ3n) is 3.12. The summed E-state index contributed by atoms with van der Waals surface area (Å²) in [5, 5.41) is 12.2. The number of nitrogens with two attached hydrogens (primary N) is 1. The fourth-order valence-corrected chi connectivity index (χ4v) is 1.77. The summed E-state index contributed by atoms with van der Waals surface area (Å²) in [5.74, 6) is 0.685. The van der Waals surface area contributed by atoms with Crippen LogP contribution in [0.4, 0.5) is 0 Å². The van der Waals surface area contributed by atoms with Crippen molar-refractivity contribution in [2.45, 2.75) is 45.6 Å². The molecule has 4 N–H and O–H groups in total. The van der Waals surface area contributed by atoms with Crippen LogP contribution in [-0.2, 0) is 0 Å². The summed E-state index contributed by atoms with van der Waals surface area (Å²) in [6.45, 7) is 8.07. The van der Waals surface area contributed by atoms with Gasteiger partial charge in [0.1, 0.15) is 0 Å². The van der Waals surface area contributed by atoms with Crippen LogP contribution < -0.4 is 11.1 Å². The van der Waals surface area contributed by atoms with E-state index in [1.54, 1.807) is 0 Å². The number of aliphatic hydroxyl groups is 1. The quantitative estimate of drug-likeness (QED) is 0.552. The molecule has 0 aliphatic heterocycles. The van der Waals surface area contributed by atoms with Gasteiger partial charge in [-0.3, -0.25) is 0 Å². The Bertz CT molecular complexity index is 135. The molecular weight excluding hydrogens is 176 g/mol. The van der Waals surface area contributed by atoms with Gasteiger partial charge in [0.05, 0.1) is 6.61 Å². The van der Waals surface area contributed by atoms with Crippen LogP contribution in [-0.4, -0.2) is 30.3 Å². The van der Waals surface area contributed by atoms with Gasteiger partial charge in [0.25, 0.3) is 0 Å². The Hall–Kier alpha value is -0.120. The molecule has 86 valence electrons. The van der Waals surface area contributed by atoms with Gasteiger partial charge in [-0.15, -0.1) is 0 Å². The lowest BCUT2D eigenvalue weighted by Gasteiger charge is -2.35. The molecule has 0 radical (unpaired) electrons. The van der Waals surface area contributed by atoms with E-state index in [0.717, 1.165) is 12.8 Å². The Morgan fingerprint density at radius 2 is 2.07 bits per heavy atom. The number of nitrogens with one attached hydrogen (secondary N) is 1. The van der Waals surface area contributed by atoms with Gasteiger partial charge in [-0.05, 0) is 18.8 Å². The average molecular weight is 202 g/mol. The van der Waals surface area contributed by atoms with E-state index < -0.39 is 0 Å². The van der Waals surface area contributed by atoms with Crippen molar-refractivity contribution in [3.05, 3.63) is 0 Å². The van der Waals surface area contributed by atoms with Crippen LogP contribution in [0.3, 0.4) is 0 Å². The van der Waals surface area contributed by atoms with Crippen LogP contribution in [0.5, 0.6) is 0 Å². The molecule has 14 heavy (non-hydrogen) atoms. The normalized spacial score (nSPS) is 17.8. The van der Waals surface area contributed by atoms with E-state index >= 15 is 0 Å². The van der Waals surface area contributed by atoms with Gasteiger partial charge in [-0.25, -0.2) is 0 Å². The van der Waals surface area contributed by atoms with Crippen molar-refractivity contribution in [1.29, 1.82) is 0 Å². The number of hydrogen-bond donors (Lipinski definition) is 3. The van der Waals surface area contributed by atoms with Crippen LogP contribution in [0.25, 0.3) is 0 Å². The zero-order valence-electron chi connectivity index (χ0n) is 9.84. The summed E-state index contributed by atoms with van der Waals surface area (Å²) < 4.78 is 0. The minimum Gasteiger partial charge on any atom is -0.395 e. The Labute approximate surface area is 88.1 Å². The maximum Gasteiger partial charge on any atom is 0.0556 e. The molecule has 0 bridgehead atoms. The second-order valence-electron chi connectivity index (χ2n) is 4.21. The number of aliphatic hydroxyl groups excluding tert-OH is 1. The third-order valence-corrected chi connectivity index (χ3v) is 3.12. The Kier molecular flexibility index (Phi) is 7.15. The number of rotatable bonds is 8. The summed E-state index contributed by atoms with van der Waals surface area (Å²) in [6, 6.07) is 0. The molecule has 0 saturated heterocycles. The largest absolute Gasteiger partial charge is 0.395 e. The summed E-state index contributed by atoms with van der Waals surface area (Å²) >= 11 is 0. The lowest BCUT2D eigenvalue weighted by Crippen LogP contribution is -2.52. The predicted molar refractivity (Wildman–Crippen MR) is 61.2 cm³/mol. The number of β-amino-alcohol motifs (C(OH)–C–C–N with tert-alkyl or cyclic N) is 1. The van der Waals surface area contributed by atoms with Gasteiger partial charge in [0.2, 0.25) is 0 Å². The van der Waals surface area contributed by atoms with Crippen LogP contribution in [0.2, 0.25) is 0 Å². The van der Waals surface area contributed by atoms with Crippen molar-refractivity contribution in [3.63, 3.8) is 0 Å². The second kappa shape index (κ2) is 7.21. The molecule has 0 heterocycles. The minimum atomic E-state index is 0.0259. The summed E-state index contributed by atoms with van der Waals surface area (Å²) in [4.78, 5) is 0. The third kappa shape index (κ3) is 4.40. The van der Waals surface area contributed by atoms with E-state index in [-0.39, 0.29) is 12.1 Å². The van der Waals surface area contributed by atoms with Crippen molar-refractivity contribution in [2.24, 2.45) is 11.7 Å². The van der Waals surface area contributed by atoms with Crippen molar-refractivity contribution in [2.75, 3.05) is 19.7 Å². The first kappa shape index (κ1) is 13.9. The van der Waals surface area contributed by atoms with Crippen molar-refractivity contribution in [1.82, 2.24) is 5.32 Å². The van der Waals surface area contributed by atoms with E-state index in [9.17, 15) is 0 Å². The highest BCUT2D eigenvalue weighted by atomic mass is 16.3. The van der Waals surface area contributed by atoms with Gasteiger partial charge < -0.3 is 16.2 Å². The number of hydrogen-bond acceptors (Lipinski definition) is 3. The second-order valence-corrected chi connectivity index (χ2v) is 4.21. The molecule has 0 fully saturated rings. The van der Waals surface area contributed by atoms with Crippen LogP contribution in [0, 0.1) is 5.92 Å². The molecule has 0 aliphatic rings. The van der Waals surface area contributed by atoms with Gasteiger partial charge in [0.15, 0.2) is 0 Å². The molecular formula is C11H26N2O. The Morgan fingerprint density at radius 1 is 1.43 bits per heavy atom. The zero-order valence-corrected chi connectivity index (χ0v) is 9.84. The Balaban J connectivity index is 4.20. The molecule has 0 rings (SSSR count). The topological polar surface area (TPSA) is 58.3 Å². The fraction of sp³-hybridized carbons (Fsp3) is 1.00. The van der Waals surface area contributed by atoms with Crippen LogP contribution in [0.15, 0.2) is 0 Å². The molecule has 3 nitrogen and oxygen atoms in total.